The number of hydrogen-bond acceptors (Lipinski definition) is 9. The smallest absolute Gasteiger partial charge is 0.151 e. The number of aromatic nitrogens is 1. The zero-order valence-corrected chi connectivity index (χ0v) is 33.9. The van der Waals surface area contributed by atoms with E-state index in [4.69, 9.17) is 14.2 Å². The van der Waals surface area contributed by atoms with Crippen LogP contribution in [0, 0.1) is 22.7 Å². The highest BCUT2D eigenvalue weighted by Gasteiger charge is 2.38. The molecule has 64 heavy (non-hydrogen) atoms. The molecule has 0 amide bonds. The lowest BCUT2D eigenvalue weighted by Gasteiger charge is -2.42. The first-order valence-electron chi connectivity index (χ1n) is 20.7. The van der Waals surface area contributed by atoms with Gasteiger partial charge in [-0.25, -0.2) is 0 Å². The molecule has 1 aromatic heterocycles. The normalized spacial score (nSPS) is 12.6. The summed E-state index contributed by atoms with van der Waals surface area (Å²) >= 11 is 0. The average Bonchev–Trinajstić information content (AvgIpc) is 3.36. The van der Waals surface area contributed by atoms with Crippen LogP contribution >= 0.6 is 0 Å². The molecule has 4 heterocycles. The van der Waals surface area contributed by atoms with Crippen molar-refractivity contribution in [3.8, 4) is 68.9 Å². The molecule has 0 bridgehead atoms. The third kappa shape index (κ3) is 5.73. The van der Waals surface area contributed by atoms with Gasteiger partial charge in [-0.3, -0.25) is 9.88 Å². The van der Waals surface area contributed by atoms with Gasteiger partial charge in [0.15, 0.2) is 34.5 Å². The second kappa shape index (κ2) is 14.7. The van der Waals surface area contributed by atoms with Crippen molar-refractivity contribution >= 4 is 51.2 Å². The molecule has 0 fully saturated rings. The van der Waals surface area contributed by atoms with Crippen LogP contribution in [-0.2, 0) is 0 Å². The Balaban J connectivity index is 1.26. The summed E-state index contributed by atoms with van der Waals surface area (Å²) in [6.45, 7) is 0. The first-order valence-corrected chi connectivity index (χ1v) is 20.7. The van der Waals surface area contributed by atoms with E-state index in [-0.39, 0.29) is 0 Å². The topological polar surface area (TPSA) is 97.9 Å². The van der Waals surface area contributed by atoms with Gasteiger partial charge in [0.25, 0.3) is 0 Å². The summed E-state index contributed by atoms with van der Waals surface area (Å²) in [7, 11) is 0. The fourth-order valence-electron chi connectivity index (χ4n) is 9.03. The number of para-hydroxylation sites is 12. The zero-order valence-electron chi connectivity index (χ0n) is 33.9. The van der Waals surface area contributed by atoms with Crippen molar-refractivity contribution in [2.24, 2.45) is 0 Å². The van der Waals surface area contributed by atoms with Crippen molar-refractivity contribution in [1.82, 2.24) is 4.98 Å². The number of anilines is 9. The van der Waals surface area contributed by atoms with Crippen LogP contribution in [0.1, 0.15) is 11.1 Å². The van der Waals surface area contributed by atoms with Gasteiger partial charge in [-0.1, -0.05) is 72.8 Å². The molecule has 9 nitrogen and oxygen atoms in total. The molecule has 0 saturated carbocycles. The van der Waals surface area contributed by atoms with Gasteiger partial charge in [-0.15, -0.1) is 0 Å². The Bertz CT molecular complexity index is 3160. The van der Waals surface area contributed by atoms with Crippen LogP contribution in [0.4, 0.5) is 51.2 Å². The lowest BCUT2D eigenvalue weighted by atomic mass is 9.90. The standard InChI is InChI=1S/C55H32N6O3/c56-33-38-29-36(30-39(34-57)54(38)35-25-27-58-28-26-35)37-31-46(59-40-13-1-7-19-48(40)62-49-20-8-2-14-41(49)59)55(61-44-17-5-11-23-52(44)64-53-24-12-6-18-45(53)61)47(32-37)60-42-15-3-9-21-50(42)63-51-22-10-4-16-43(51)60/h1-32H. The highest BCUT2D eigenvalue weighted by Crippen LogP contribution is 2.63. The largest absolute Gasteiger partial charge is 0.453 e. The summed E-state index contributed by atoms with van der Waals surface area (Å²) in [5.74, 6) is 4.12. The quantitative estimate of drug-likeness (QED) is 0.168. The number of pyridine rings is 1. The van der Waals surface area contributed by atoms with Crippen molar-refractivity contribution in [1.29, 1.82) is 10.5 Å². The second-order valence-corrected chi connectivity index (χ2v) is 15.4. The third-order valence-electron chi connectivity index (χ3n) is 11.8. The fraction of sp³-hybridized carbons (Fsp3) is 0. The number of benzene rings is 8. The van der Waals surface area contributed by atoms with Crippen LogP contribution in [0.5, 0.6) is 34.5 Å². The van der Waals surface area contributed by atoms with Crippen LogP contribution in [-0.4, -0.2) is 4.98 Å². The van der Waals surface area contributed by atoms with E-state index < -0.39 is 0 Å². The SMILES string of the molecule is N#Cc1cc(-c2cc(N3c4ccccc4Oc4ccccc43)c(N3c4ccccc4Oc4ccccc43)c(N3c4ccccc4Oc4ccccc43)c2)cc(C#N)c1-c1ccncc1. The molecule has 8 aromatic carbocycles. The maximum absolute atomic E-state index is 10.8. The molecule has 9 heteroatoms. The summed E-state index contributed by atoms with van der Waals surface area (Å²) in [4.78, 5) is 11.0. The van der Waals surface area contributed by atoms with Crippen LogP contribution in [0.15, 0.2) is 194 Å². The maximum Gasteiger partial charge on any atom is 0.151 e. The van der Waals surface area contributed by atoms with Gasteiger partial charge in [0.2, 0.25) is 0 Å². The van der Waals surface area contributed by atoms with E-state index >= 15 is 0 Å². The lowest BCUT2D eigenvalue weighted by molar-refractivity contribution is 0.475. The molecule has 3 aliphatic heterocycles. The Hall–Kier alpha value is -9.31. The number of fused-ring (bicyclic) bond motifs is 6. The fourth-order valence-corrected chi connectivity index (χ4v) is 9.03. The summed E-state index contributed by atoms with van der Waals surface area (Å²) in [5.41, 5.74) is 10.9. The minimum absolute atomic E-state index is 0.368. The lowest BCUT2D eigenvalue weighted by Crippen LogP contribution is -2.25. The number of rotatable bonds is 5. The molecule has 9 aromatic rings. The van der Waals surface area contributed by atoms with Gasteiger partial charge in [-0.2, -0.15) is 10.5 Å². The number of hydrogen-bond donors (Lipinski definition) is 0. The molecule has 0 unspecified atom stereocenters. The van der Waals surface area contributed by atoms with E-state index in [1.54, 1.807) is 12.4 Å². The Morgan fingerprint density at radius 1 is 0.344 bits per heavy atom. The molecule has 0 N–H and O–H groups in total. The van der Waals surface area contributed by atoms with E-state index in [0.29, 0.717) is 56.8 Å². The van der Waals surface area contributed by atoms with Crippen molar-refractivity contribution in [2.75, 3.05) is 14.7 Å². The Morgan fingerprint density at radius 2 is 0.656 bits per heavy atom. The van der Waals surface area contributed by atoms with Crippen molar-refractivity contribution in [3.63, 3.8) is 0 Å². The first-order chi connectivity index (χ1) is 31.7. The molecule has 0 aliphatic carbocycles. The van der Waals surface area contributed by atoms with E-state index in [2.05, 4.69) is 80.4 Å². The average molecular weight is 825 g/mol. The first kappa shape index (κ1) is 36.5. The van der Waals surface area contributed by atoms with Crippen molar-refractivity contribution in [2.45, 2.75) is 0 Å². The Labute approximate surface area is 368 Å². The number of nitrogens with zero attached hydrogens (tertiary/aromatic N) is 6. The van der Waals surface area contributed by atoms with E-state index in [9.17, 15) is 10.5 Å². The van der Waals surface area contributed by atoms with Gasteiger partial charge in [-0.05, 0) is 126 Å². The molecule has 0 spiro atoms. The van der Waals surface area contributed by atoms with Crippen LogP contribution in [0.2, 0.25) is 0 Å². The Morgan fingerprint density at radius 3 is 1.00 bits per heavy atom. The third-order valence-corrected chi connectivity index (χ3v) is 11.8. The highest BCUT2D eigenvalue weighted by molar-refractivity contribution is 6.07. The number of ether oxygens (including phenoxy) is 3. The molecule has 300 valence electrons. The van der Waals surface area contributed by atoms with E-state index in [1.165, 1.54) is 0 Å². The summed E-state index contributed by atoms with van der Waals surface area (Å²) in [6.07, 6.45) is 3.33. The van der Waals surface area contributed by atoms with Gasteiger partial charge < -0.3 is 24.0 Å². The van der Waals surface area contributed by atoms with E-state index in [0.717, 1.165) is 62.3 Å². The maximum atomic E-state index is 10.8. The summed E-state index contributed by atoms with van der Waals surface area (Å²) in [5, 5.41) is 21.6. The molecule has 0 atom stereocenters. The highest BCUT2D eigenvalue weighted by atomic mass is 16.5. The predicted molar refractivity (Wildman–Crippen MR) is 249 cm³/mol. The molecule has 12 rings (SSSR count). The Kier molecular flexibility index (Phi) is 8.39. The van der Waals surface area contributed by atoms with Crippen LogP contribution in [0.25, 0.3) is 22.3 Å². The molecule has 0 radical (unpaired) electrons. The number of nitriles is 2. The van der Waals surface area contributed by atoms with Crippen LogP contribution in [0.3, 0.4) is 0 Å². The molecular formula is C55H32N6O3. The van der Waals surface area contributed by atoms with Gasteiger partial charge in [0.05, 0.1) is 74.5 Å². The molecule has 3 aliphatic rings. The zero-order chi connectivity index (χ0) is 42.7. The van der Waals surface area contributed by atoms with Crippen molar-refractivity contribution in [3.05, 3.63) is 206 Å². The monoisotopic (exact) mass is 824 g/mol. The minimum atomic E-state index is 0.368. The van der Waals surface area contributed by atoms with E-state index in [1.807, 2.05) is 133 Å². The molecule has 0 saturated heterocycles. The van der Waals surface area contributed by atoms with Crippen LogP contribution < -0.4 is 28.9 Å². The van der Waals surface area contributed by atoms with Gasteiger partial charge in [0.1, 0.15) is 0 Å². The van der Waals surface area contributed by atoms with Gasteiger partial charge in [0, 0.05) is 18.0 Å². The second-order valence-electron chi connectivity index (χ2n) is 15.4. The van der Waals surface area contributed by atoms with Gasteiger partial charge >= 0.3 is 0 Å². The summed E-state index contributed by atoms with van der Waals surface area (Å²) < 4.78 is 19.9. The molecular weight excluding hydrogens is 793 g/mol. The predicted octanol–water partition coefficient (Wildman–Crippen LogP) is 14.9. The summed E-state index contributed by atoms with van der Waals surface area (Å²) in [6, 6.07) is 64.8. The van der Waals surface area contributed by atoms with Crippen molar-refractivity contribution < 1.29 is 14.2 Å². The minimum Gasteiger partial charge on any atom is -0.453 e.